The van der Waals surface area contributed by atoms with Crippen LogP contribution < -0.4 is 19.8 Å². The maximum absolute atomic E-state index is 13.0. The summed E-state index contributed by atoms with van der Waals surface area (Å²) in [4.78, 5) is 17.4. The standard InChI is InChI=1S/C25H25ClN4O6S/c1-34-25-21(14-19(26)24(27-25)35-15-16-5-3-2-4-6-16)30-20-9-8-18(13-17(20)7-10-23(30)31)37(32,33)29-22-11-12-36-28-22/h7-14,16H,2-6,15H2,1H3,(H,28,29). The Kier molecular flexibility index (Phi) is 7.07. The molecule has 1 N–H and O–H groups in total. The Morgan fingerprint density at radius 3 is 2.65 bits per heavy atom. The van der Waals surface area contributed by atoms with E-state index < -0.39 is 10.0 Å². The summed E-state index contributed by atoms with van der Waals surface area (Å²) in [6.45, 7) is 0.517. The van der Waals surface area contributed by atoms with E-state index in [1.54, 1.807) is 12.1 Å². The molecule has 3 aromatic heterocycles. The summed E-state index contributed by atoms with van der Waals surface area (Å²) in [5, 5.41) is 4.32. The van der Waals surface area contributed by atoms with Crippen LogP contribution in [0.3, 0.4) is 0 Å². The summed E-state index contributed by atoms with van der Waals surface area (Å²) in [7, 11) is -2.49. The zero-order valence-electron chi connectivity index (χ0n) is 20.0. The number of benzene rings is 1. The normalized spacial score (nSPS) is 14.5. The Hall–Kier alpha value is -3.57. The molecule has 0 radical (unpaired) electrons. The number of halogens is 1. The molecule has 0 spiro atoms. The van der Waals surface area contributed by atoms with Crippen LogP contribution >= 0.6 is 11.6 Å². The van der Waals surface area contributed by atoms with E-state index in [0.29, 0.717) is 29.1 Å². The van der Waals surface area contributed by atoms with Crippen molar-refractivity contribution >= 4 is 38.3 Å². The molecule has 5 rings (SSSR count). The van der Waals surface area contributed by atoms with Gasteiger partial charge < -0.3 is 14.0 Å². The van der Waals surface area contributed by atoms with Crippen molar-refractivity contribution in [1.29, 1.82) is 0 Å². The number of nitrogens with zero attached hydrogens (tertiary/aromatic N) is 3. The molecule has 194 valence electrons. The Labute approximate surface area is 218 Å². The van der Waals surface area contributed by atoms with E-state index in [0.717, 1.165) is 12.8 Å². The third kappa shape index (κ3) is 5.28. The monoisotopic (exact) mass is 544 g/mol. The van der Waals surface area contributed by atoms with Gasteiger partial charge in [0.1, 0.15) is 17.0 Å². The van der Waals surface area contributed by atoms with E-state index in [-0.39, 0.29) is 33.1 Å². The second-order valence-corrected chi connectivity index (χ2v) is 10.9. The minimum atomic E-state index is -3.94. The van der Waals surface area contributed by atoms with E-state index in [1.165, 1.54) is 67.5 Å². The quantitative estimate of drug-likeness (QED) is 0.335. The fourth-order valence-electron chi connectivity index (χ4n) is 4.51. The maximum Gasteiger partial charge on any atom is 0.263 e. The number of rotatable bonds is 8. The van der Waals surface area contributed by atoms with Gasteiger partial charge >= 0.3 is 0 Å². The number of hydrogen-bond acceptors (Lipinski definition) is 8. The molecule has 1 aliphatic rings. The van der Waals surface area contributed by atoms with Gasteiger partial charge in [0.2, 0.25) is 11.8 Å². The van der Waals surface area contributed by atoms with Gasteiger partial charge in [0.25, 0.3) is 15.6 Å². The van der Waals surface area contributed by atoms with E-state index in [2.05, 4.69) is 19.4 Å². The molecular formula is C25H25ClN4O6S. The van der Waals surface area contributed by atoms with Crippen molar-refractivity contribution in [1.82, 2.24) is 14.7 Å². The van der Waals surface area contributed by atoms with Gasteiger partial charge in [-0.1, -0.05) is 36.0 Å². The molecule has 0 saturated heterocycles. The van der Waals surface area contributed by atoms with Crippen LogP contribution in [0.1, 0.15) is 32.1 Å². The third-order valence-corrected chi connectivity index (χ3v) is 7.98. The van der Waals surface area contributed by atoms with E-state index in [4.69, 9.17) is 21.1 Å². The summed E-state index contributed by atoms with van der Waals surface area (Å²) in [6.07, 6.45) is 7.13. The highest BCUT2D eigenvalue weighted by atomic mass is 35.5. The Balaban J connectivity index is 1.51. The Bertz CT molecular complexity index is 1580. The first-order valence-electron chi connectivity index (χ1n) is 11.8. The number of fused-ring (bicyclic) bond motifs is 1. The number of sulfonamides is 1. The molecule has 4 aromatic rings. The summed E-state index contributed by atoms with van der Waals surface area (Å²) in [5.74, 6) is 0.916. The maximum atomic E-state index is 13.0. The predicted molar refractivity (Wildman–Crippen MR) is 138 cm³/mol. The fourth-order valence-corrected chi connectivity index (χ4v) is 5.74. The zero-order chi connectivity index (χ0) is 26.0. The minimum absolute atomic E-state index is 0.0113. The van der Waals surface area contributed by atoms with Gasteiger partial charge in [-0.15, -0.1) is 0 Å². The van der Waals surface area contributed by atoms with Gasteiger partial charge in [-0.05, 0) is 49.1 Å². The first-order valence-corrected chi connectivity index (χ1v) is 13.7. The van der Waals surface area contributed by atoms with E-state index in [1.807, 2.05) is 0 Å². The summed E-state index contributed by atoms with van der Waals surface area (Å²) < 4.78 is 45.4. The summed E-state index contributed by atoms with van der Waals surface area (Å²) >= 11 is 6.52. The van der Waals surface area contributed by atoms with Crippen LogP contribution in [0.5, 0.6) is 11.8 Å². The van der Waals surface area contributed by atoms with Crippen LogP contribution in [-0.4, -0.2) is 36.8 Å². The Morgan fingerprint density at radius 2 is 1.92 bits per heavy atom. The molecule has 10 nitrogen and oxygen atoms in total. The molecule has 0 bridgehead atoms. The lowest BCUT2D eigenvalue weighted by Gasteiger charge is -2.22. The second-order valence-electron chi connectivity index (χ2n) is 8.84. The molecule has 3 heterocycles. The van der Waals surface area contributed by atoms with Gasteiger partial charge in [0, 0.05) is 17.5 Å². The number of ether oxygens (including phenoxy) is 2. The van der Waals surface area contributed by atoms with Gasteiger partial charge in [0.05, 0.1) is 24.1 Å². The van der Waals surface area contributed by atoms with Crippen molar-refractivity contribution in [2.45, 2.75) is 37.0 Å². The number of aromatic nitrogens is 3. The van der Waals surface area contributed by atoms with Crippen LogP contribution in [-0.2, 0) is 10.0 Å². The van der Waals surface area contributed by atoms with Crippen molar-refractivity contribution in [2.75, 3.05) is 18.4 Å². The van der Waals surface area contributed by atoms with Crippen LogP contribution in [0.4, 0.5) is 5.82 Å². The molecule has 12 heteroatoms. The second kappa shape index (κ2) is 10.4. The van der Waals surface area contributed by atoms with Crippen LogP contribution in [0.2, 0.25) is 5.02 Å². The largest absolute Gasteiger partial charge is 0.479 e. The molecule has 0 amide bonds. The molecule has 0 unspecified atom stereocenters. The molecule has 1 aromatic carbocycles. The zero-order valence-corrected chi connectivity index (χ0v) is 21.6. The lowest BCUT2D eigenvalue weighted by molar-refractivity contribution is 0.201. The molecule has 0 aliphatic heterocycles. The van der Waals surface area contributed by atoms with Gasteiger partial charge in [-0.3, -0.25) is 14.1 Å². The summed E-state index contributed by atoms with van der Waals surface area (Å²) in [5.41, 5.74) is 0.389. The number of methoxy groups -OCH3 is 1. The predicted octanol–water partition coefficient (Wildman–Crippen LogP) is 4.80. The minimum Gasteiger partial charge on any atom is -0.479 e. The fraction of sp³-hybridized carbons (Fsp3) is 0.320. The molecule has 37 heavy (non-hydrogen) atoms. The third-order valence-electron chi connectivity index (χ3n) is 6.36. The molecule has 1 saturated carbocycles. The van der Waals surface area contributed by atoms with Crippen LogP contribution in [0, 0.1) is 5.92 Å². The number of anilines is 1. The molecular weight excluding hydrogens is 520 g/mol. The highest BCUT2D eigenvalue weighted by Crippen LogP contribution is 2.34. The molecule has 1 fully saturated rings. The van der Waals surface area contributed by atoms with Gasteiger partial charge in [-0.25, -0.2) is 8.42 Å². The van der Waals surface area contributed by atoms with E-state index >= 15 is 0 Å². The number of hydrogen-bond donors (Lipinski definition) is 1. The van der Waals surface area contributed by atoms with Gasteiger partial charge in [-0.2, -0.15) is 4.98 Å². The highest BCUT2D eigenvalue weighted by molar-refractivity contribution is 7.92. The van der Waals surface area contributed by atoms with Crippen molar-refractivity contribution in [2.24, 2.45) is 5.92 Å². The van der Waals surface area contributed by atoms with E-state index in [9.17, 15) is 13.2 Å². The van der Waals surface area contributed by atoms with Crippen molar-refractivity contribution < 1.29 is 22.4 Å². The van der Waals surface area contributed by atoms with Gasteiger partial charge in [0.15, 0.2) is 5.82 Å². The topological polar surface area (TPSA) is 126 Å². The molecule has 0 atom stereocenters. The van der Waals surface area contributed by atoms with Crippen molar-refractivity contribution in [3.05, 3.63) is 64.1 Å². The van der Waals surface area contributed by atoms with Crippen molar-refractivity contribution in [3.8, 4) is 17.4 Å². The lowest BCUT2D eigenvalue weighted by Crippen LogP contribution is -2.20. The highest BCUT2D eigenvalue weighted by Gasteiger charge is 2.21. The molecule has 1 aliphatic carbocycles. The average molecular weight is 545 g/mol. The van der Waals surface area contributed by atoms with Crippen molar-refractivity contribution in [3.63, 3.8) is 0 Å². The number of nitrogens with one attached hydrogen (secondary N) is 1. The lowest BCUT2D eigenvalue weighted by atomic mass is 9.90. The number of pyridine rings is 2. The first kappa shape index (κ1) is 25.1. The summed E-state index contributed by atoms with van der Waals surface area (Å²) in [6, 6.07) is 10.2. The SMILES string of the molecule is COc1nc(OCC2CCCCC2)c(Cl)cc1-n1c(=O)ccc2cc(S(=O)(=O)Nc3ccon3)ccc21. The smallest absolute Gasteiger partial charge is 0.263 e. The average Bonchev–Trinajstić information content (AvgIpc) is 3.40. The first-order chi connectivity index (χ1) is 17.9. The van der Waals surface area contributed by atoms with Crippen LogP contribution in [0.25, 0.3) is 16.6 Å². The Morgan fingerprint density at radius 1 is 1.11 bits per heavy atom. The van der Waals surface area contributed by atoms with Crippen LogP contribution in [0.15, 0.2) is 62.9 Å².